The third kappa shape index (κ3) is 8.52. The first-order valence-corrected chi connectivity index (χ1v) is 6.33. The van der Waals surface area contributed by atoms with Crippen LogP contribution < -0.4 is 113 Å². The topological polar surface area (TPSA) is 155 Å². The molecule has 2 N–H and O–H groups in total. The second-order valence-corrected chi connectivity index (χ2v) is 4.28. The van der Waals surface area contributed by atoms with Crippen LogP contribution in [0, 0.1) is 0 Å². The Morgan fingerprint density at radius 3 is 1.00 bits per heavy atom. The van der Waals surface area contributed by atoms with Crippen LogP contribution in [0.4, 0.5) is 0 Å². The molecule has 124 valence electrons. The summed E-state index contributed by atoms with van der Waals surface area (Å²) >= 11 is 0. The summed E-state index contributed by atoms with van der Waals surface area (Å²) in [4.78, 5) is 41.6. The summed E-state index contributed by atoms with van der Waals surface area (Å²) in [7, 11) is 0. The molecule has 0 aliphatic carbocycles. The third-order valence-corrected chi connectivity index (χ3v) is 2.75. The molecule has 0 spiro atoms. The first kappa shape index (κ1) is 27.8. The molecule has 0 fully saturated rings. The zero-order valence-electron chi connectivity index (χ0n) is 14.0. The molecular formula is C16H10K2O8. The summed E-state index contributed by atoms with van der Waals surface area (Å²) < 4.78 is 0. The van der Waals surface area contributed by atoms with Gasteiger partial charge in [-0.1, -0.05) is 36.4 Å². The van der Waals surface area contributed by atoms with Gasteiger partial charge in [0.25, 0.3) is 0 Å². The van der Waals surface area contributed by atoms with E-state index in [2.05, 4.69) is 0 Å². The number of hydrogen-bond acceptors (Lipinski definition) is 6. The number of carboxylic acid groups (broad SMARTS) is 4. The molecule has 2 aromatic rings. The molecule has 0 saturated carbocycles. The van der Waals surface area contributed by atoms with Gasteiger partial charge in [-0.25, -0.2) is 9.59 Å². The van der Waals surface area contributed by atoms with Crippen LogP contribution in [0.15, 0.2) is 48.5 Å². The van der Waals surface area contributed by atoms with Crippen molar-refractivity contribution in [3.05, 3.63) is 70.8 Å². The zero-order valence-corrected chi connectivity index (χ0v) is 20.2. The molecule has 26 heavy (non-hydrogen) atoms. The quantitative estimate of drug-likeness (QED) is 0.473. The Morgan fingerprint density at radius 2 is 0.808 bits per heavy atom. The first-order chi connectivity index (χ1) is 11.3. The van der Waals surface area contributed by atoms with Gasteiger partial charge in [-0.05, 0) is 12.1 Å². The van der Waals surface area contributed by atoms with Gasteiger partial charge >= 0.3 is 115 Å². The molecule has 0 amide bonds. The monoisotopic (exact) mass is 408 g/mol. The zero-order chi connectivity index (χ0) is 18.3. The number of rotatable bonds is 4. The van der Waals surface area contributed by atoms with E-state index in [1.54, 1.807) is 0 Å². The smallest absolute Gasteiger partial charge is 0.545 e. The number of hydrogen-bond donors (Lipinski definition) is 2. The van der Waals surface area contributed by atoms with Gasteiger partial charge in [-0.3, -0.25) is 0 Å². The summed E-state index contributed by atoms with van der Waals surface area (Å²) in [6.07, 6.45) is 0. The molecule has 0 aliphatic heterocycles. The molecule has 0 aromatic heterocycles. The number of carboxylic acids is 4. The summed E-state index contributed by atoms with van der Waals surface area (Å²) in [5, 5.41) is 37.8. The molecule has 0 radical (unpaired) electrons. The van der Waals surface area contributed by atoms with Crippen LogP contribution in [-0.4, -0.2) is 34.1 Å². The maximum atomic E-state index is 10.5. The van der Waals surface area contributed by atoms with Gasteiger partial charge in [0.15, 0.2) is 0 Å². The number of carbonyl (C=O) groups is 4. The summed E-state index contributed by atoms with van der Waals surface area (Å²) in [5.41, 5.74) is -1.11. The largest absolute Gasteiger partial charge is 1.00 e. The fourth-order valence-electron chi connectivity index (χ4n) is 1.70. The predicted octanol–water partition coefficient (Wildman–Crippen LogP) is -6.50. The Balaban J connectivity index is 0. The molecule has 2 aromatic carbocycles. The normalized spacial score (nSPS) is 8.62. The van der Waals surface area contributed by atoms with Crippen molar-refractivity contribution in [3.8, 4) is 0 Å². The average molecular weight is 408 g/mol. The molecule has 0 atom stereocenters. The van der Waals surface area contributed by atoms with Gasteiger partial charge in [0.05, 0.1) is 23.1 Å². The van der Waals surface area contributed by atoms with Crippen LogP contribution in [0.25, 0.3) is 0 Å². The molecule has 0 aliphatic rings. The van der Waals surface area contributed by atoms with Crippen molar-refractivity contribution in [1.29, 1.82) is 0 Å². The Labute approximate surface area is 233 Å². The van der Waals surface area contributed by atoms with Gasteiger partial charge < -0.3 is 30.0 Å². The van der Waals surface area contributed by atoms with E-state index >= 15 is 0 Å². The molecule has 2 rings (SSSR count). The van der Waals surface area contributed by atoms with Crippen LogP contribution in [0.5, 0.6) is 0 Å². The van der Waals surface area contributed by atoms with E-state index in [-0.39, 0.29) is 125 Å². The van der Waals surface area contributed by atoms with Crippen molar-refractivity contribution >= 4 is 23.9 Å². The number of carbonyl (C=O) groups excluding carboxylic acids is 2. The molecular weight excluding hydrogens is 398 g/mol. The SMILES string of the molecule is O=C(O)c1ccccc1C(=O)O.O=C([O-])c1ccccc1C(=O)[O-].[K+].[K+]. The van der Waals surface area contributed by atoms with Crippen LogP contribution >= 0.6 is 0 Å². The summed E-state index contributed by atoms with van der Waals surface area (Å²) in [6, 6.07) is 10.6. The molecule has 8 nitrogen and oxygen atoms in total. The van der Waals surface area contributed by atoms with Crippen molar-refractivity contribution in [3.63, 3.8) is 0 Å². The maximum Gasteiger partial charge on any atom is 1.00 e. The van der Waals surface area contributed by atoms with Gasteiger partial charge in [0.1, 0.15) is 0 Å². The van der Waals surface area contributed by atoms with Gasteiger partial charge in [0, 0.05) is 11.1 Å². The minimum atomic E-state index is -1.52. The van der Waals surface area contributed by atoms with E-state index in [1.165, 1.54) is 36.4 Å². The van der Waals surface area contributed by atoms with Gasteiger partial charge in [0.2, 0.25) is 0 Å². The van der Waals surface area contributed by atoms with Crippen LogP contribution in [0.2, 0.25) is 0 Å². The van der Waals surface area contributed by atoms with E-state index in [0.717, 1.165) is 12.1 Å². The Morgan fingerprint density at radius 1 is 0.577 bits per heavy atom. The molecule has 10 heteroatoms. The van der Waals surface area contributed by atoms with E-state index in [9.17, 15) is 29.4 Å². The number of benzene rings is 2. The minimum absolute atomic E-state index is 0. The second kappa shape index (κ2) is 13.7. The third-order valence-electron chi connectivity index (χ3n) is 2.75. The van der Waals surface area contributed by atoms with E-state index in [0.29, 0.717) is 0 Å². The van der Waals surface area contributed by atoms with Crippen molar-refractivity contribution in [2.45, 2.75) is 0 Å². The van der Waals surface area contributed by atoms with Gasteiger partial charge in [-0.2, -0.15) is 0 Å². The predicted molar refractivity (Wildman–Crippen MR) is 75.5 cm³/mol. The average Bonchev–Trinajstić information content (AvgIpc) is 2.55. The Bertz CT molecular complexity index is 671. The van der Waals surface area contributed by atoms with E-state index in [4.69, 9.17) is 10.2 Å². The second-order valence-electron chi connectivity index (χ2n) is 4.28. The number of aromatic carboxylic acids is 4. The fraction of sp³-hybridized carbons (Fsp3) is 0. The van der Waals surface area contributed by atoms with Crippen molar-refractivity contribution in [2.75, 3.05) is 0 Å². The standard InChI is InChI=1S/2C8H6O4.2K/c2*9-7(10)5-3-1-2-4-6(5)8(11)12;;/h2*1-4H,(H,9,10)(H,11,12);;/q;;2*+1/p-2. The summed E-state index contributed by atoms with van der Waals surface area (Å²) in [5.74, 6) is -5.49. The first-order valence-electron chi connectivity index (χ1n) is 6.33. The maximum absolute atomic E-state index is 10.5. The summed E-state index contributed by atoms with van der Waals surface area (Å²) in [6.45, 7) is 0. The van der Waals surface area contributed by atoms with E-state index in [1.807, 2.05) is 0 Å². The van der Waals surface area contributed by atoms with Crippen molar-refractivity contribution in [1.82, 2.24) is 0 Å². The van der Waals surface area contributed by atoms with E-state index < -0.39 is 23.9 Å². The molecule has 0 saturated heterocycles. The van der Waals surface area contributed by atoms with Crippen LogP contribution in [-0.2, 0) is 0 Å². The van der Waals surface area contributed by atoms with Gasteiger partial charge in [-0.15, -0.1) is 0 Å². The molecule has 0 unspecified atom stereocenters. The molecule has 0 bridgehead atoms. The van der Waals surface area contributed by atoms with Crippen LogP contribution in [0.3, 0.4) is 0 Å². The Hall–Kier alpha value is -0.407. The van der Waals surface area contributed by atoms with Crippen LogP contribution in [0.1, 0.15) is 41.4 Å². The van der Waals surface area contributed by atoms with Crippen molar-refractivity contribution in [2.24, 2.45) is 0 Å². The fourth-order valence-corrected chi connectivity index (χ4v) is 1.70. The minimum Gasteiger partial charge on any atom is -0.545 e. The van der Waals surface area contributed by atoms with Crippen molar-refractivity contribution < 1.29 is 142 Å². The Kier molecular flexibility index (Phi) is 14.7. The molecule has 0 heterocycles.